The molecule has 0 radical (unpaired) electrons. The third-order valence-corrected chi connectivity index (χ3v) is 4.09. The van der Waals surface area contributed by atoms with E-state index in [2.05, 4.69) is 31.0 Å². The fraction of sp³-hybridized carbons (Fsp3) is 0.929. The number of nitrogens with zero attached hydrogens (tertiary/aromatic N) is 1. The summed E-state index contributed by atoms with van der Waals surface area (Å²) in [6.07, 6.45) is 3.94. The molecule has 0 bridgehead atoms. The van der Waals surface area contributed by atoms with Crippen LogP contribution in [0.3, 0.4) is 0 Å². The van der Waals surface area contributed by atoms with Gasteiger partial charge < -0.3 is 11.1 Å². The number of carbonyl (C=O) groups is 1. The Bertz CT molecular complexity index is 280. The summed E-state index contributed by atoms with van der Waals surface area (Å²) >= 11 is 0. The first-order chi connectivity index (χ1) is 8.46. The van der Waals surface area contributed by atoms with E-state index in [0.717, 1.165) is 38.8 Å². The first-order valence-corrected chi connectivity index (χ1v) is 7.27. The second-order valence-corrected chi connectivity index (χ2v) is 5.70. The van der Waals surface area contributed by atoms with E-state index >= 15 is 0 Å². The normalized spacial score (nSPS) is 28.2. The lowest BCUT2D eigenvalue weighted by molar-refractivity contribution is -0.124. The van der Waals surface area contributed by atoms with Crippen LogP contribution in [0.1, 0.15) is 53.4 Å². The van der Waals surface area contributed by atoms with E-state index in [1.165, 1.54) is 0 Å². The van der Waals surface area contributed by atoms with Crippen molar-refractivity contribution in [3.8, 4) is 0 Å². The van der Waals surface area contributed by atoms with Crippen LogP contribution in [-0.2, 0) is 4.79 Å². The molecule has 0 aromatic carbocycles. The molecule has 1 amide bonds. The molecule has 18 heavy (non-hydrogen) atoms. The van der Waals surface area contributed by atoms with Crippen LogP contribution in [0.15, 0.2) is 0 Å². The second-order valence-electron chi connectivity index (χ2n) is 5.70. The molecule has 3 N–H and O–H groups in total. The van der Waals surface area contributed by atoms with Crippen LogP contribution in [0.5, 0.6) is 0 Å². The number of rotatable bonds is 7. The van der Waals surface area contributed by atoms with E-state index < -0.39 is 5.54 Å². The highest BCUT2D eigenvalue weighted by Crippen LogP contribution is 2.34. The number of hydrogen-bond acceptors (Lipinski definition) is 3. The molecule has 1 aliphatic carbocycles. The van der Waals surface area contributed by atoms with Crippen molar-refractivity contribution in [2.24, 2.45) is 5.73 Å². The summed E-state index contributed by atoms with van der Waals surface area (Å²) in [6, 6.07) is 1.01. The summed E-state index contributed by atoms with van der Waals surface area (Å²) in [5.41, 5.74) is 5.14. The lowest BCUT2D eigenvalue weighted by Gasteiger charge is -2.34. The summed E-state index contributed by atoms with van der Waals surface area (Å²) in [5.74, 6) is -0.188. The Morgan fingerprint density at radius 3 is 2.61 bits per heavy atom. The van der Waals surface area contributed by atoms with Crippen LogP contribution in [0.25, 0.3) is 0 Å². The highest BCUT2D eigenvalue weighted by atomic mass is 16.1. The van der Waals surface area contributed by atoms with E-state index in [1.807, 2.05) is 6.92 Å². The molecule has 2 atom stereocenters. The van der Waals surface area contributed by atoms with Crippen LogP contribution in [0.4, 0.5) is 0 Å². The minimum absolute atomic E-state index is 0.188. The Hall–Kier alpha value is -0.610. The van der Waals surface area contributed by atoms with Crippen LogP contribution in [0.2, 0.25) is 0 Å². The Balaban J connectivity index is 2.75. The van der Waals surface area contributed by atoms with E-state index in [-0.39, 0.29) is 5.91 Å². The number of carbonyl (C=O) groups excluding carboxylic acids is 1. The quantitative estimate of drug-likeness (QED) is 0.724. The summed E-state index contributed by atoms with van der Waals surface area (Å²) in [4.78, 5) is 14.3. The Kier molecular flexibility index (Phi) is 5.60. The number of nitrogens with two attached hydrogens (primary N) is 1. The van der Waals surface area contributed by atoms with Crippen LogP contribution < -0.4 is 11.1 Å². The van der Waals surface area contributed by atoms with Crippen molar-refractivity contribution >= 4 is 5.91 Å². The van der Waals surface area contributed by atoms with Gasteiger partial charge in [0.1, 0.15) is 0 Å². The van der Waals surface area contributed by atoms with Crippen molar-refractivity contribution in [2.45, 2.75) is 71.0 Å². The predicted molar refractivity (Wildman–Crippen MR) is 75.4 cm³/mol. The Labute approximate surface area is 111 Å². The van der Waals surface area contributed by atoms with Crippen LogP contribution >= 0.6 is 0 Å². The van der Waals surface area contributed by atoms with Crippen molar-refractivity contribution in [2.75, 3.05) is 13.1 Å². The predicted octanol–water partition coefficient (Wildman–Crippen LogP) is 1.49. The van der Waals surface area contributed by atoms with Crippen LogP contribution in [0, 0.1) is 0 Å². The average Bonchev–Trinajstić information content (AvgIpc) is 2.71. The molecule has 0 saturated heterocycles. The fourth-order valence-electron chi connectivity index (χ4n) is 3.23. The molecule has 4 nitrogen and oxygen atoms in total. The molecule has 1 fully saturated rings. The number of likely N-dealkylation sites (N-methyl/N-ethyl adjacent to an activating group) is 1. The fourth-order valence-corrected chi connectivity index (χ4v) is 3.23. The van der Waals surface area contributed by atoms with Gasteiger partial charge in [-0.25, -0.2) is 0 Å². The standard InChI is InChI=1S/C14H29N3O/c1-5-9-17(11(3)4)12-7-8-14(10-12,13(15)18)16-6-2/h11-12,16H,5-10H2,1-4H3,(H2,15,18). The largest absolute Gasteiger partial charge is 0.368 e. The summed E-state index contributed by atoms with van der Waals surface area (Å²) in [5, 5.41) is 3.32. The molecule has 1 aliphatic rings. The SMILES string of the molecule is CCCN(C(C)C)C1CCC(NCC)(C(N)=O)C1. The van der Waals surface area contributed by atoms with Crippen molar-refractivity contribution < 1.29 is 4.79 Å². The lowest BCUT2D eigenvalue weighted by Crippen LogP contribution is -2.54. The highest BCUT2D eigenvalue weighted by Gasteiger charge is 2.45. The second kappa shape index (κ2) is 6.53. The van der Waals surface area contributed by atoms with Gasteiger partial charge in [-0.1, -0.05) is 13.8 Å². The molecule has 4 heteroatoms. The summed E-state index contributed by atoms with van der Waals surface area (Å²) in [7, 11) is 0. The molecule has 106 valence electrons. The van der Waals surface area contributed by atoms with Crippen molar-refractivity contribution in [1.82, 2.24) is 10.2 Å². The molecular weight excluding hydrogens is 226 g/mol. The molecule has 0 heterocycles. The molecular formula is C14H29N3O. The lowest BCUT2D eigenvalue weighted by atomic mass is 9.96. The molecule has 0 aromatic rings. The number of nitrogens with one attached hydrogen (secondary N) is 1. The maximum absolute atomic E-state index is 11.8. The zero-order valence-corrected chi connectivity index (χ0v) is 12.3. The summed E-state index contributed by atoms with van der Waals surface area (Å²) in [6.45, 7) is 10.6. The van der Waals surface area contributed by atoms with Gasteiger partial charge >= 0.3 is 0 Å². The first-order valence-electron chi connectivity index (χ1n) is 7.27. The number of amides is 1. The van der Waals surface area contributed by atoms with Gasteiger partial charge in [-0.05, 0) is 52.6 Å². The summed E-state index contributed by atoms with van der Waals surface area (Å²) < 4.78 is 0. The first kappa shape index (κ1) is 15.4. The zero-order chi connectivity index (χ0) is 13.8. The van der Waals surface area contributed by atoms with Crippen LogP contribution in [-0.4, -0.2) is 41.5 Å². The van der Waals surface area contributed by atoms with Gasteiger partial charge in [-0.3, -0.25) is 9.69 Å². The third kappa shape index (κ3) is 3.23. The molecule has 1 saturated carbocycles. The van der Waals surface area contributed by atoms with E-state index in [0.29, 0.717) is 12.1 Å². The van der Waals surface area contributed by atoms with E-state index in [9.17, 15) is 4.79 Å². The average molecular weight is 255 g/mol. The van der Waals surface area contributed by atoms with Crippen molar-refractivity contribution in [3.05, 3.63) is 0 Å². The zero-order valence-electron chi connectivity index (χ0n) is 12.3. The van der Waals surface area contributed by atoms with Gasteiger partial charge in [0.25, 0.3) is 0 Å². The van der Waals surface area contributed by atoms with E-state index in [1.54, 1.807) is 0 Å². The van der Waals surface area contributed by atoms with Gasteiger partial charge in [0.2, 0.25) is 5.91 Å². The molecule has 1 rings (SSSR count). The minimum Gasteiger partial charge on any atom is -0.368 e. The van der Waals surface area contributed by atoms with Crippen molar-refractivity contribution in [3.63, 3.8) is 0 Å². The Morgan fingerprint density at radius 1 is 1.50 bits per heavy atom. The van der Waals surface area contributed by atoms with Crippen molar-refractivity contribution in [1.29, 1.82) is 0 Å². The monoisotopic (exact) mass is 255 g/mol. The van der Waals surface area contributed by atoms with E-state index in [4.69, 9.17) is 5.73 Å². The van der Waals surface area contributed by atoms with Gasteiger partial charge in [-0.2, -0.15) is 0 Å². The van der Waals surface area contributed by atoms with Gasteiger partial charge in [-0.15, -0.1) is 0 Å². The minimum atomic E-state index is -0.472. The number of hydrogen-bond donors (Lipinski definition) is 2. The maximum atomic E-state index is 11.8. The van der Waals surface area contributed by atoms with Gasteiger partial charge in [0, 0.05) is 12.1 Å². The molecule has 0 spiro atoms. The van der Waals surface area contributed by atoms with Gasteiger partial charge in [0.05, 0.1) is 5.54 Å². The Morgan fingerprint density at radius 2 is 2.17 bits per heavy atom. The highest BCUT2D eigenvalue weighted by molar-refractivity contribution is 5.85. The van der Waals surface area contributed by atoms with Gasteiger partial charge in [0.15, 0.2) is 0 Å². The topological polar surface area (TPSA) is 58.4 Å². The molecule has 2 unspecified atom stereocenters. The molecule has 0 aliphatic heterocycles. The third-order valence-electron chi connectivity index (χ3n) is 4.09. The maximum Gasteiger partial charge on any atom is 0.237 e. The smallest absolute Gasteiger partial charge is 0.237 e. The molecule has 0 aromatic heterocycles. The number of primary amides is 1.